The van der Waals surface area contributed by atoms with Crippen LogP contribution in [0, 0.1) is 5.92 Å². The van der Waals surface area contributed by atoms with Crippen molar-refractivity contribution < 1.29 is 22.7 Å². The Hall–Kier alpha value is -1.93. The van der Waals surface area contributed by atoms with Gasteiger partial charge in [0.25, 0.3) is 5.91 Å². The number of ether oxygens (including phenoxy) is 1. The number of nitrogens with zero attached hydrogens (tertiary/aromatic N) is 1. The van der Waals surface area contributed by atoms with Crippen molar-refractivity contribution in [2.45, 2.75) is 50.0 Å². The van der Waals surface area contributed by atoms with Gasteiger partial charge in [0, 0.05) is 18.8 Å². The smallest absolute Gasteiger partial charge is 0.309 e. The van der Waals surface area contributed by atoms with Crippen LogP contribution in [0.2, 0.25) is 0 Å². The molecule has 26 heavy (non-hydrogen) atoms. The number of nitrogens with one attached hydrogen (secondary N) is 1. The van der Waals surface area contributed by atoms with Crippen LogP contribution in [0.15, 0.2) is 29.2 Å². The van der Waals surface area contributed by atoms with Crippen molar-refractivity contribution >= 4 is 27.6 Å². The lowest BCUT2D eigenvalue weighted by molar-refractivity contribution is -0.159. The van der Waals surface area contributed by atoms with Crippen molar-refractivity contribution in [2.24, 2.45) is 5.92 Å². The largest absolute Gasteiger partial charge is 0.452 e. The monoisotopic (exact) mass is 380 g/mol. The van der Waals surface area contributed by atoms with Gasteiger partial charge in [0.15, 0.2) is 6.10 Å². The number of esters is 1. The topological polar surface area (TPSA) is 92.8 Å². The van der Waals surface area contributed by atoms with E-state index in [9.17, 15) is 18.0 Å². The fourth-order valence-electron chi connectivity index (χ4n) is 3.00. The number of carbonyl (C=O) groups excluding carboxylic acids is 2. The van der Waals surface area contributed by atoms with Crippen molar-refractivity contribution in [2.75, 3.05) is 18.4 Å². The summed E-state index contributed by atoms with van der Waals surface area (Å²) in [5, 5.41) is 2.65. The number of hydrogen-bond acceptors (Lipinski definition) is 5. The van der Waals surface area contributed by atoms with E-state index in [1.807, 2.05) is 0 Å². The zero-order chi connectivity index (χ0) is 18.7. The van der Waals surface area contributed by atoms with Gasteiger partial charge >= 0.3 is 5.97 Å². The number of sulfonamides is 1. The second-order valence-corrected chi connectivity index (χ2v) is 8.77. The molecule has 3 rings (SSSR count). The van der Waals surface area contributed by atoms with Gasteiger partial charge in [0.05, 0.1) is 10.8 Å². The van der Waals surface area contributed by atoms with E-state index in [2.05, 4.69) is 5.32 Å². The number of hydrogen-bond donors (Lipinski definition) is 1. The zero-order valence-corrected chi connectivity index (χ0v) is 15.6. The highest BCUT2D eigenvalue weighted by Crippen LogP contribution is 2.28. The van der Waals surface area contributed by atoms with Crippen LogP contribution in [0.5, 0.6) is 0 Å². The molecule has 1 aromatic carbocycles. The Bertz CT molecular complexity index is 765. The van der Waals surface area contributed by atoms with Crippen LogP contribution in [0.25, 0.3) is 0 Å². The second kappa shape index (κ2) is 7.75. The molecule has 1 N–H and O–H groups in total. The number of carbonyl (C=O) groups is 2. The SMILES string of the molecule is C[C@@H](OC(=O)C1CCC1)C(=O)Nc1ccc(S(=O)(=O)N2CCCC2)cc1. The summed E-state index contributed by atoms with van der Waals surface area (Å²) >= 11 is 0. The molecule has 8 heteroatoms. The Labute approximate surface area is 153 Å². The molecule has 1 aromatic rings. The maximum atomic E-state index is 12.5. The maximum absolute atomic E-state index is 12.5. The molecule has 0 bridgehead atoms. The van der Waals surface area contributed by atoms with Crippen LogP contribution < -0.4 is 5.32 Å². The van der Waals surface area contributed by atoms with E-state index >= 15 is 0 Å². The Morgan fingerprint density at radius 2 is 1.73 bits per heavy atom. The minimum Gasteiger partial charge on any atom is -0.452 e. The highest BCUT2D eigenvalue weighted by atomic mass is 32.2. The van der Waals surface area contributed by atoms with E-state index in [0.29, 0.717) is 18.8 Å². The van der Waals surface area contributed by atoms with Gasteiger partial charge in [-0.15, -0.1) is 0 Å². The first-order valence-corrected chi connectivity index (χ1v) is 10.4. The first kappa shape index (κ1) is 18.8. The van der Waals surface area contributed by atoms with Gasteiger partial charge in [-0.1, -0.05) is 6.42 Å². The lowest BCUT2D eigenvalue weighted by Gasteiger charge is -2.24. The molecule has 0 radical (unpaired) electrons. The van der Waals surface area contributed by atoms with Gasteiger partial charge in [-0.2, -0.15) is 4.31 Å². The molecule has 1 amide bonds. The number of benzene rings is 1. The normalized spacial score (nSPS) is 19.6. The van der Waals surface area contributed by atoms with E-state index < -0.39 is 22.0 Å². The van der Waals surface area contributed by atoms with Crippen LogP contribution in [0.1, 0.15) is 39.0 Å². The number of amides is 1. The van der Waals surface area contributed by atoms with Crippen LogP contribution in [0.4, 0.5) is 5.69 Å². The van der Waals surface area contributed by atoms with Crippen LogP contribution in [-0.2, 0) is 24.3 Å². The fraction of sp³-hybridized carbons (Fsp3) is 0.556. The fourth-order valence-corrected chi connectivity index (χ4v) is 4.52. The van der Waals surface area contributed by atoms with Gasteiger partial charge in [-0.05, 0) is 56.9 Å². The van der Waals surface area contributed by atoms with Crippen LogP contribution >= 0.6 is 0 Å². The Balaban J connectivity index is 1.58. The predicted octanol–water partition coefficient (Wildman–Crippen LogP) is 2.14. The molecular formula is C18H24N2O5S. The van der Waals surface area contributed by atoms with Gasteiger partial charge in [-0.3, -0.25) is 9.59 Å². The molecule has 1 saturated carbocycles. The van der Waals surface area contributed by atoms with Gasteiger partial charge in [-0.25, -0.2) is 8.42 Å². The Morgan fingerprint density at radius 3 is 2.27 bits per heavy atom. The minimum atomic E-state index is -3.47. The molecular weight excluding hydrogens is 356 g/mol. The Morgan fingerprint density at radius 1 is 1.12 bits per heavy atom. The van der Waals surface area contributed by atoms with Crippen molar-refractivity contribution in [3.05, 3.63) is 24.3 Å². The summed E-state index contributed by atoms with van der Waals surface area (Å²) in [5.74, 6) is -0.848. The van der Waals surface area contributed by atoms with E-state index in [1.165, 1.54) is 23.4 Å². The van der Waals surface area contributed by atoms with Gasteiger partial charge in [0.2, 0.25) is 10.0 Å². The standard InChI is InChI=1S/C18H24N2O5S/c1-13(25-18(22)14-5-4-6-14)17(21)19-15-7-9-16(10-8-15)26(23,24)20-11-2-3-12-20/h7-10,13-14H,2-6,11-12H2,1H3,(H,19,21)/t13-/m1/s1. The Kier molecular flexibility index (Phi) is 5.62. The van der Waals surface area contributed by atoms with Crippen LogP contribution in [0.3, 0.4) is 0 Å². The summed E-state index contributed by atoms with van der Waals surface area (Å²) < 4.78 is 31.6. The van der Waals surface area contributed by atoms with Crippen molar-refractivity contribution in [1.82, 2.24) is 4.31 Å². The first-order chi connectivity index (χ1) is 12.4. The molecule has 0 aromatic heterocycles. The van der Waals surface area contributed by atoms with E-state index in [1.54, 1.807) is 12.1 Å². The summed E-state index contributed by atoms with van der Waals surface area (Å²) in [6.07, 6.45) is 3.53. The molecule has 1 aliphatic heterocycles. The van der Waals surface area contributed by atoms with Gasteiger partial charge in [0.1, 0.15) is 0 Å². The third-order valence-corrected chi connectivity index (χ3v) is 6.84. The molecule has 2 aliphatic rings. The van der Waals surface area contributed by atoms with Crippen LogP contribution in [-0.4, -0.2) is 43.8 Å². The lowest BCUT2D eigenvalue weighted by atomic mass is 9.86. The molecule has 142 valence electrons. The second-order valence-electron chi connectivity index (χ2n) is 6.83. The summed E-state index contributed by atoms with van der Waals surface area (Å²) in [4.78, 5) is 24.2. The van der Waals surface area contributed by atoms with Gasteiger partial charge < -0.3 is 10.1 Å². The highest BCUT2D eigenvalue weighted by molar-refractivity contribution is 7.89. The average molecular weight is 380 g/mol. The molecule has 1 aliphatic carbocycles. The minimum absolute atomic E-state index is 0.0830. The summed E-state index contributed by atoms with van der Waals surface area (Å²) in [5.41, 5.74) is 0.460. The quantitative estimate of drug-likeness (QED) is 0.763. The molecule has 2 fully saturated rings. The molecule has 0 unspecified atom stereocenters. The third-order valence-electron chi connectivity index (χ3n) is 4.93. The van der Waals surface area contributed by atoms with E-state index in [0.717, 1.165) is 32.1 Å². The maximum Gasteiger partial charge on any atom is 0.309 e. The van der Waals surface area contributed by atoms with Crippen molar-refractivity contribution in [1.29, 1.82) is 0 Å². The average Bonchev–Trinajstić information content (AvgIpc) is 3.08. The highest BCUT2D eigenvalue weighted by Gasteiger charge is 2.30. The molecule has 1 saturated heterocycles. The van der Waals surface area contributed by atoms with Crippen molar-refractivity contribution in [3.63, 3.8) is 0 Å². The molecule has 1 atom stereocenters. The van der Waals surface area contributed by atoms with Crippen molar-refractivity contribution in [3.8, 4) is 0 Å². The summed E-state index contributed by atoms with van der Waals surface area (Å²) in [6, 6.07) is 6.05. The third kappa shape index (κ3) is 4.07. The summed E-state index contributed by atoms with van der Waals surface area (Å²) in [7, 11) is -3.47. The van der Waals surface area contributed by atoms with E-state index in [-0.39, 0.29) is 16.8 Å². The predicted molar refractivity (Wildman–Crippen MR) is 96.0 cm³/mol. The number of anilines is 1. The summed E-state index contributed by atoms with van der Waals surface area (Å²) in [6.45, 7) is 2.62. The lowest BCUT2D eigenvalue weighted by Crippen LogP contribution is -2.34. The zero-order valence-electron chi connectivity index (χ0n) is 14.8. The molecule has 1 heterocycles. The first-order valence-electron chi connectivity index (χ1n) is 8.99. The number of rotatable bonds is 6. The molecule has 0 spiro atoms. The van der Waals surface area contributed by atoms with E-state index in [4.69, 9.17) is 4.74 Å². The molecule has 7 nitrogen and oxygen atoms in total.